The SMILES string of the molecule is CCOC(=O)c1c(C)n(C)c2ccc(OC[C@@H](O)CN3CCOCC3)cc12. The van der Waals surface area contributed by atoms with Crippen LogP contribution in [0.3, 0.4) is 0 Å². The average Bonchev–Trinajstić information content (AvgIpc) is 2.91. The lowest BCUT2D eigenvalue weighted by atomic mass is 10.1. The third-order valence-corrected chi connectivity index (χ3v) is 4.96. The number of aryl methyl sites for hydroxylation is 1. The number of hydrogen-bond acceptors (Lipinski definition) is 6. The molecule has 1 N–H and O–H groups in total. The maximum absolute atomic E-state index is 12.4. The van der Waals surface area contributed by atoms with Crippen molar-refractivity contribution in [1.29, 1.82) is 0 Å². The molecule has 0 saturated carbocycles. The topological polar surface area (TPSA) is 73.2 Å². The first-order valence-electron chi connectivity index (χ1n) is 9.38. The molecule has 0 bridgehead atoms. The van der Waals surface area contributed by atoms with E-state index in [1.807, 2.05) is 36.7 Å². The molecule has 1 saturated heterocycles. The van der Waals surface area contributed by atoms with Crippen LogP contribution in [-0.2, 0) is 16.5 Å². The standard InChI is InChI=1S/C20H28N2O5/c1-4-26-20(24)19-14(2)21(3)18-6-5-16(11-17(18)19)27-13-15(23)12-22-7-9-25-10-8-22/h5-6,11,15,23H,4,7-10,12-13H2,1-3H3/t15-/m0/s1. The van der Waals surface area contributed by atoms with E-state index in [-0.39, 0.29) is 12.6 Å². The summed E-state index contributed by atoms with van der Waals surface area (Å²) < 4.78 is 18.3. The van der Waals surface area contributed by atoms with Gasteiger partial charge in [0.25, 0.3) is 0 Å². The number of carbonyl (C=O) groups is 1. The van der Waals surface area contributed by atoms with E-state index in [4.69, 9.17) is 14.2 Å². The van der Waals surface area contributed by atoms with Crippen molar-refractivity contribution >= 4 is 16.9 Å². The molecular weight excluding hydrogens is 348 g/mol. The predicted molar refractivity (Wildman–Crippen MR) is 102 cm³/mol. The van der Waals surface area contributed by atoms with Crippen LogP contribution in [0.5, 0.6) is 5.75 Å². The van der Waals surface area contributed by atoms with E-state index in [1.165, 1.54) is 0 Å². The molecule has 0 spiro atoms. The van der Waals surface area contributed by atoms with Crippen LogP contribution >= 0.6 is 0 Å². The number of nitrogens with zero attached hydrogens (tertiary/aromatic N) is 2. The zero-order valence-corrected chi connectivity index (χ0v) is 16.2. The smallest absolute Gasteiger partial charge is 0.340 e. The van der Waals surface area contributed by atoms with Crippen molar-refractivity contribution in [2.24, 2.45) is 7.05 Å². The van der Waals surface area contributed by atoms with Gasteiger partial charge in [-0.1, -0.05) is 0 Å². The van der Waals surface area contributed by atoms with E-state index in [2.05, 4.69) is 4.90 Å². The molecule has 7 nitrogen and oxygen atoms in total. The number of fused-ring (bicyclic) bond motifs is 1. The van der Waals surface area contributed by atoms with Crippen LogP contribution in [0.15, 0.2) is 18.2 Å². The second kappa shape index (κ2) is 8.73. The molecule has 27 heavy (non-hydrogen) atoms. The predicted octanol–water partition coefficient (Wildman–Crippen LogP) is 1.74. The van der Waals surface area contributed by atoms with E-state index in [1.54, 1.807) is 6.92 Å². The number of ether oxygens (including phenoxy) is 3. The van der Waals surface area contributed by atoms with Crippen LogP contribution in [-0.4, -0.2) is 72.7 Å². The third kappa shape index (κ3) is 4.43. The van der Waals surface area contributed by atoms with Crippen molar-refractivity contribution in [1.82, 2.24) is 9.47 Å². The molecule has 2 heterocycles. The average molecular weight is 376 g/mol. The maximum Gasteiger partial charge on any atom is 0.340 e. The van der Waals surface area contributed by atoms with Gasteiger partial charge >= 0.3 is 5.97 Å². The minimum atomic E-state index is -0.583. The summed E-state index contributed by atoms with van der Waals surface area (Å²) in [6, 6.07) is 5.63. The van der Waals surface area contributed by atoms with Gasteiger partial charge in [-0.05, 0) is 32.0 Å². The minimum Gasteiger partial charge on any atom is -0.491 e. The molecule has 0 aliphatic carbocycles. The number of benzene rings is 1. The monoisotopic (exact) mass is 376 g/mol. The first-order valence-corrected chi connectivity index (χ1v) is 9.38. The Bertz CT molecular complexity index is 795. The lowest BCUT2D eigenvalue weighted by molar-refractivity contribution is 0.00466. The quantitative estimate of drug-likeness (QED) is 0.742. The van der Waals surface area contributed by atoms with Crippen molar-refractivity contribution in [3.63, 3.8) is 0 Å². The highest BCUT2D eigenvalue weighted by atomic mass is 16.5. The zero-order valence-electron chi connectivity index (χ0n) is 16.2. The van der Waals surface area contributed by atoms with Crippen LogP contribution in [0, 0.1) is 6.92 Å². The molecule has 7 heteroatoms. The summed E-state index contributed by atoms with van der Waals surface area (Å²) in [5.74, 6) is 0.296. The molecular formula is C20H28N2O5. The van der Waals surface area contributed by atoms with Crippen molar-refractivity contribution in [2.75, 3.05) is 46.1 Å². The summed E-state index contributed by atoms with van der Waals surface area (Å²) in [6.07, 6.45) is -0.583. The number of morpholine rings is 1. The number of esters is 1. The van der Waals surface area contributed by atoms with Gasteiger partial charge in [-0.3, -0.25) is 4.90 Å². The molecule has 0 amide bonds. The number of aliphatic hydroxyl groups is 1. The molecule has 0 radical (unpaired) electrons. The highest BCUT2D eigenvalue weighted by Crippen LogP contribution is 2.29. The molecule has 1 aliphatic rings. The number of aromatic nitrogens is 1. The van der Waals surface area contributed by atoms with Gasteiger partial charge in [0.05, 0.1) is 25.4 Å². The fourth-order valence-electron chi connectivity index (χ4n) is 3.43. The Morgan fingerprint density at radius 3 is 2.78 bits per heavy atom. The van der Waals surface area contributed by atoms with Gasteiger partial charge in [0, 0.05) is 43.3 Å². The Kier molecular flexibility index (Phi) is 6.36. The first-order chi connectivity index (χ1) is 13.0. The number of rotatable bonds is 7. The molecule has 2 aromatic rings. The molecule has 1 aliphatic heterocycles. The van der Waals surface area contributed by atoms with Crippen LogP contribution in [0.1, 0.15) is 23.0 Å². The van der Waals surface area contributed by atoms with Crippen molar-refractivity contribution in [3.8, 4) is 5.75 Å². The summed E-state index contributed by atoms with van der Waals surface area (Å²) in [4.78, 5) is 14.5. The molecule has 1 aromatic heterocycles. The highest BCUT2D eigenvalue weighted by Gasteiger charge is 2.20. The number of carbonyl (C=O) groups excluding carboxylic acids is 1. The van der Waals surface area contributed by atoms with E-state index in [9.17, 15) is 9.90 Å². The van der Waals surface area contributed by atoms with E-state index < -0.39 is 6.10 Å². The van der Waals surface area contributed by atoms with E-state index >= 15 is 0 Å². The Hall–Kier alpha value is -2.09. The van der Waals surface area contributed by atoms with Gasteiger partial charge in [-0.2, -0.15) is 0 Å². The van der Waals surface area contributed by atoms with Crippen LogP contribution in [0.4, 0.5) is 0 Å². The van der Waals surface area contributed by atoms with E-state index in [0.717, 1.165) is 29.7 Å². The normalized spacial score (nSPS) is 16.4. The van der Waals surface area contributed by atoms with Gasteiger partial charge in [-0.15, -0.1) is 0 Å². The minimum absolute atomic E-state index is 0.198. The van der Waals surface area contributed by atoms with Gasteiger partial charge < -0.3 is 23.9 Å². The molecule has 1 atom stereocenters. The number of aliphatic hydroxyl groups excluding tert-OH is 1. The molecule has 0 unspecified atom stereocenters. The Labute approximate surface area is 159 Å². The largest absolute Gasteiger partial charge is 0.491 e. The summed E-state index contributed by atoms with van der Waals surface area (Å²) in [6.45, 7) is 7.85. The van der Waals surface area contributed by atoms with Crippen molar-refractivity contribution in [2.45, 2.75) is 20.0 Å². The van der Waals surface area contributed by atoms with Gasteiger partial charge in [-0.25, -0.2) is 4.79 Å². The second-order valence-electron chi connectivity index (χ2n) is 6.80. The van der Waals surface area contributed by atoms with Crippen molar-refractivity contribution < 1.29 is 24.1 Å². The Balaban J connectivity index is 1.71. The van der Waals surface area contributed by atoms with Crippen LogP contribution in [0.2, 0.25) is 0 Å². The maximum atomic E-state index is 12.4. The Morgan fingerprint density at radius 2 is 2.07 bits per heavy atom. The zero-order chi connectivity index (χ0) is 19.4. The fourth-order valence-corrected chi connectivity index (χ4v) is 3.43. The fraction of sp³-hybridized carbons (Fsp3) is 0.550. The summed E-state index contributed by atoms with van der Waals surface area (Å²) in [7, 11) is 1.92. The highest BCUT2D eigenvalue weighted by molar-refractivity contribution is 6.06. The van der Waals surface area contributed by atoms with Crippen LogP contribution in [0.25, 0.3) is 10.9 Å². The van der Waals surface area contributed by atoms with Gasteiger partial charge in [0.2, 0.25) is 0 Å². The van der Waals surface area contributed by atoms with E-state index in [0.29, 0.717) is 37.7 Å². The lowest BCUT2D eigenvalue weighted by Gasteiger charge is -2.28. The lowest BCUT2D eigenvalue weighted by Crippen LogP contribution is -2.42. The Morgan fingerprint density at radius 1 is 1.33 bits per heavy atom. The molecule has 1 aromatic carbocycles. The van der Waals surface area contributed by atoms with Gasteiger partial charge in [0.1, 0.15) is 18.5 Å². The first kappa shape index (κ1) is 19.7. The summed E-state index contributed by atoms with van der Waals surface area (Å²) in [5.41, 5.74) is 2.36. The molecule has 3 rings (SSSR count). The van der Waals surface area contributed by atoms with Crippen LogP contribution < -0.4 is 4.74 Å². The molecule has 148 valence electrons. The summed E-state index contributed by atoms with van der Waals surface area (Å²) in [5, 5.41) is 11.1. The second-order valence-corrected chi connectivity index (χ2v) is 6.80. The number of β-amino-alcohol motifs (C(OH)–C–C–N with tert-alkyl or cyclic N) is 1. The van der Waals surface area contributed by atoms with Gasteiger partial charge in [0.15, 0.2) is 0 Å². The third-order valence-electron chi connectivity index (χ3n) is 4.96. The van der Waals surface area contributed by atoms with Crippen molar-refractivity contribution in [3.05, 3.63) is 29.5 Å². The summed E-state index contributed by atoms with van der Waals surface area (Å²) >= 11 is 0. The number of hydrogen-bond donors (Lipinski definition) is 1. The molecule has 1 fully saturated rings.